The number of methoxy groups -OCH3 is 1. The maximum absolute atomic E-state index is 10.8. The highest BCUT2D eigenvalue weighted by Crippen LogP contribution is 2.21. The number of likely N-dealkylation sites (N-methyl/N-ethyl adjacent to an activating group) is 1. The number of aromatic nitrogens is 2. The van der Waals surface area contributed by atoms with Gasteiger partial charge < -0.3 is 14.7 Å². The SMILES string of the molecule is COc1ccccc1CC(C)N(C)c1cnc(C(=O)O)cn1. The van der Waals surface area contributed by atoms with Gasteiger partial charge >= 0.3 is 5.97 Å². The topological polar surface area (TPSA) is 75.5 Å². The van der Waals surface area contributed by atoms with Gasteiger partial charge in [0, 0.05) is 13.1 Å². The summed E-state index contributed by atoms with van der Waals surface area (Å²) in [7, 11) is 3.56. The summed E-state index contributed by atoms with van der Waals surface area (Å²) in [6.45, 7) is 2.07. The fourth-order valence-corrected chi connectivity index (χ4v) is 2.17. The molecular weight excluding hydrogens is 282 g/mol. The number of carboxylic acids is 1. The van der Waals surface area contributed by atoms with Crippen LogP contribution in [0.25, 0.3) is 0 Å². The molecule has 0 amide bonds. The van der Waals surface area contributed by atoms with Crippen LogP contribution in [0.3, 0.4) is 0 Å². The van der Waals surface area contributed by atoms with Crippen LogP contribution in [-0.2, 0) is 6.42 Å². The first kappa shape index (κ1) is 15.8. The van der Waals surface area contributed by atoms with Crippen molar-refractivity contribution in [3.63, 3.8) is 0 Å². The molecule has 1 N–H and O–H groups in total. The highest BCUT2D eigenvalue weighted by atomic mass is 16.5. The minimum Gasteiger partial charge on any atom is -0.496 e. The lowest BCUT2D eigenvalue weighted by atomic mass is 10.1. The van der Waals surface area contributed by atoms with E-state index in [0.29, 0.717) is 5.82 Å². The van der Waals surface area contributed by atoms with Crippen LogP contribution < -0.4 is 9.64 Å². The van der Waals surface area contributed by atoms with Crippen molar-refractivity contribution in [2.75, 3.05) is 19.1 Å². The van der Waals surface area contributed by atoms with Crippen molar-refractivity contribution in [3.8, 4) is 5.75 Å². The number of hydrogen-bond donors (Lipinski definition) is 1. The first-order valence-electron chi connectivity index (χ1n) is 6.93. The van der Waals surface area contributed by atoms with Crippen LogP contribution >= 0.6 is 0 Å². The van der Waals surface area contributed by atoms with Crippen LogP contribution in [0.1, 0.15) is 23.0 Å². The molecule has 2 aromatic rings. The third-order valence-corrected chi connectivity index (χ3v) is 3.59. The van der Waals surface area contributed by atoms with Crippen LogP contribution in [0.15, 0.2) is 36.7 Å². The van der Waals surface area contributed by atoms with Crippen molar-refractivity contribution >= 4 is 11.8 Å². The van der Waals surface area contributed by atoms with E-state index in [1.54, 1.807) is 7.11 Å². The smallest absolute Gasteiger partial charge is 0.356 e. The average molecular weight is 301 g/mol. The molecule has 1 heterocycles. The largest absolute Gasteiger partial charge is 0.496 e. The highest BCUT2D eigenvalue weighted by molar-refractivity contribution is 5.84. The Morgan fingerprint density at radius 1 is 1.32 bits per heavy atom. The number of nitrogens with zero attached hydrogens (tertiary/aromatic N) is 3. The first-order chi connectivity index (χ1) is 10.5. The molecular formula is C16H19N3O3. The van der Waals surface area contributed by atoms with Gasteiger partial charge in [0.2, 0.25) is 0 Å². The maximum Gasteiger partial charge on any atom is 0.356 e. The molecule has 0 saturated heterocycles. The monoisotopic (exact) mass is 301 g/mol. The normalized spacial score (nSPS) is 11.8. The Bertz CT molecular complexity index is 643. The Balaban J connectivity index is 2.11. The number of benzene rings is 1. The predicted molar refractivity (Wildman–Crippen MR) is 83.6 cm³/mol. The second-order valence-corrected chi connectivity index (χ2v) is 5.04. The third kappa shape index (κ3) is 3.52. The lowest BCUT2D eigenvalue weighted by Gasteiger charge is -2.26. The zero-order chi connectivity index (χ0) is 16.1. The summed E-state index contributed by atoms with van der Waals surface area (Å²) in [5.41, 5.74) is 1.05. The van der Waals surface area contributed by atoms with Crippen molar-refractivity contribution in [3.05, 3.63) is 47.9 Å². The van der Waals surface area contributed by atoms with E-state index in [2.05, 4.69) is 16.9 Å². The van der Waals surface area contributed by atoms with Crippen molar-refractivity contribution in [1.29, 1.82) is 0 Å². The molecule has 0 aliphatic rings. The number of anilines is 1. The standard InChI is InChI=1S/C16H19N3O3/c1-11(8-12-6-4-5-7-14(12)22-3)19(2)15-10-17-13(9-18-15)16(20)21/h4-7,9-11H,8H2,1-3H3,(H,20,21). The number of aromatic carboxylic acids is 1. The number of carboxylic acid groups (broad SMARTS) is 1. The molecule has 1 aromatic heterocycles. The average Bonchev–Trinajstić information content (AvgIpc) is 2.54. The Morgan fingerprint density at radius 2 is 2.05 bits per heavy atom. The van der Waals surface area contributed by atoms with Gasteiger partial charge in [0.05, 0.1) is 19.5 Å². The second-order valence-electron chi connectivity index (χ2n) is 5.04. The molecule has 1 unspecified atom stereocenters. The summed E-state index contributed by atoms with van der Waals surface area (Å²) < 4.78 is 5.36. The van der Waals surface area contributed by atoms with Crippen LogP contribution in [0.5, 0.6) is 5.75 Å². The minimum atomic E-state index is -1.08. The number of carbonyl (C=O) groups is 1. The van der Waals surface area contributed by atoms with Crippen molar-refractivity contribution in [1.82, 2.24) is 9.97 Å². The number of hydrogen-bond acceptors (Lipinski definition) is 5. The Labute approximate surface area is 129 Å². The van der Waals surface area contributed by atoms with Crippen LogP contribution in [0.2, 0.25) is 0 Å². The molecule has 0 spiro atoms. The van der Waals surface area contributed by atoms with Gasteiger partial charge in [0.15, 0.2) is 5.69 Å². The van der Waals surface area contributed by atoms with Gasteiger partial charge in [-0.05, 0) is 25.0 Å². The second kappa shape index (κ2) is 6.89. The van der Waals surface area contributed by atoms with E-state index >= 15 is 0 Å². The van der Waals surface area contributed by atoms with Gasteiger partial charge in [-0.2, -0.15) is 0 Å². The van der Waals surface area contributed by atoms with Gasteiger partial charge in [0.25, 0.3) is 0 Å². The van der Waals surface area contributed by atoms with Gasteiger partial charge in [-0.25, -0.2) is 14.8 Å². The number of rotatable bonds is 6. The van der Waals surface area contributed by atoms with Gasteiger partial charge in [-0.1, -0.05) is 18.2 Å². The zero-order valence-corrected chi connectivity index (χ0v) is 12.9. The molecule has 0 aliphatic heterocycles. The first-order valence-corrected chi connectivity index (χ1v) is 6.93. The van der Waals surface area contributed by atoms with E-state index < -0.39 is 5.97 Å². The molecule has 2 rings (SSSR count). The summed E-state index contributed by atoms with van der Waals surface area (Å²) in [6.07, 6.45) is 3.52. The molecule has 1 aromatic carbocycles. The molecule has 6 heteroatoms. The summed E-state index contributed by atoms with van der Waals surface area (Å²) in [6, 6.07) is 8.03. The van der Waals surface area contributed by atoms with Crippen LogP contribution in [-0.4, -0.2) is 41.2 Å². The lowest BCUT2D eigenvalue weighted by Crippen LogP contribution is -2.31. The van der Waals surface area contributed by atoms with E-state index in [9.17, 15) is 4.79 Å². The van der Waals surface area contributed by atoms with Gasteiger partial charge in [-0.3, -0.25) is 0 Å². The van der Waals surface area contributed by atoms with Crippen molar-refractivity contribution in [2.24, 2.45) is 0 Å². The molecule has 116 valence electrons. The van der Waals surface area contributed by atoms with Gasteiger partial charge in [0.1, 0.15) is 11.6 Å². The minimum absolute atomic E-state index is 0.0606. The molecule has 0 fully saturated rings. The van der Waals surface area contributed by atoms with E-state index in [1.807, 2.05) is 36.2 Å². The molecule has 6 nitrogen and oxygen atoms in total. The summed E-state index contributed by atoms with van der Waals surface area (Å²) in [4.78, 5) is 20.8. The Kier molecular flexibility index (Phi) is 4.93. The molecule has 1 atom stereocenters. The zero-order valence-electron chi connectivity index (χ0n) is 12.9. The van der Waals surface area contributed by atoms with E-state index in [4.69, 9.17) is 9.84 Å². The number of para-hydroxylation sites is 1. The molecule has 0 aliphatic carbocycles. The summed E-state index contributed by atoms with van der Waals surface area (Å²) >= 11 is 0. The van der Waals surface area contributed by atoms with E-state index in [-0.39, 0.29) is 11.7 Å². The fourth-order valence-electron chi connectivity index (χ4n) is 2.17. The van der Waals surface area contributed by atoms with E-state index in [0.717, 1.165) is 17.7 Å². The van der Waals surface area contributed by atoms with E-state index in [1.165, 1.54) is 12.4 Å². The summed E-state index contributed by atoms with van der Waals surface area (Å²) in [5, 5.41) is 8.85. The number of ether oxygens (including phenoxy) is 1. The van der Waals surface area contributed by atoms with Gasteiger partial charge in [-0.15, -0.1) is 0 Å². The van der Waals surface area contributed by atoms with Crippen LogP contribution in [0, 0.1) is 0 Å². The van der Waals surface area contributed by atoms with Crippen LogP contribution in [0.4, 0.5) is 5.82 Å². The van der Waals surface area contributed by atoms with Crippen molar-refractivity contribution < 1.29 is 14.6 Å². The molecule has 0 bridgehead atoms. The molecule has 0 radical (unpaired) electrons. The fraction of sp³-hybridized carbons (Fsp3) is 0.312. The third-order valence-electron chi connectivity index (χ3n) is 3.59. The maximum atomic E-state index is 10.8. The quantitative estimate of drug-likeness (QED) is 0.882. The lowest BCUT2D eigenvalue weighted by molar-refractivity contribution is 0.0690. The molecule has 0 saturated carbocycles. The Morgan fingerprint density at radius 3 is 2.64 bits per heavy atom. The summed E-state index contributed by atoms with van der Waals surface area (Å²) in [5.74, 6) is 0.409. The highest BCUT2D eigenvalue weighted by Gasteiger charge is 2.15. The Hall–Kier alpha value is -2.63. The van der Waals surface area contributed by atoms with Crippen molar-refractivity contribution in [2.45, 2.75) is 19.4 Å². The predicted octanol–water partition coefficient (Wildman–Crippen LogP) is 2.25. The molecule has 22 heavy (non-hydrogen) atoms.